The monoisotopic (exact) mass is 265 g/mol. The van der Waals surface area contributed by atoms with E-state index in [9.17, 15) is 9.90 Å². The van der Waals surface area contributed by atoms with Crippen molar-refractivity contribution in [3.8, 4) is 0 Å². The van der Waals surface area contributed by atoms with Crippen LogP contribution in [-0.4, -0.2) is 10.1 Å². The fourth-order valence-electron chi connectivity index (χ4n) is 1.88. The van der Waals surface area contributed by atoms with E-state index in [2.05, 4.69) is 4.98 Å². The largest absolute Gasteiger partial charge is 0.507 e. The minimum Gasteiger partial charge on any atom is -0.507 e. The lowest BCUT2D eigenvalue weighted by atomic mass is 10.1. The van der Waals surface area contributed by atoms with Crippen LogP contribution in [0.4, 0.5) is 0 Å². The topological polar surface area (TPSA) is 63.3 Å². The number of hydrogen-bond acceptors (Lipinski definition) is 4. The molecule has 0 atom stereocenters. The van der Waals surface area contributed by atoms with Crippen molar-refractivity contribution >= 4 is 22.9 Å². The van der Waals surface area contributed by atoms with Crippen LogP contribution in [0.25, 0.3) is 22.9 Å². The second-order valence-electron chi connectivity index (χ2n) is 4.25. The van der Waals surface area contributed by atoms with Gasteiger partial charge in [0.15, 0.2) is 11.3 Å². The summed E-state index contributed by atoms with van der Waals surface area (Å²) in [6.07, 6.45) is 1.31. The van der Waals surface area contributed by atoms with Crippen LogP contribution in [0.5, 0.6) is 0 Å². The van der Waals surface area contributed by atoms with Crippen molar-refractivity contribution in [3.05, 3.63) is 76.3 Å². The molecule has 0 fully saturated rings. The van der Waals surface area contributed by atoms with E-state index in [0.29, 0.717) is 16.7 Å². The van der Waals surface area contributed by atoms with Crippen LogP contribution in [-0.2, 0) is 0 Å². The maximum absolute atomic E-state index is 11.8. The number of aromatic nitrogens is 1. The number of aliphatic hydroxyl groups is 1. The third-order valence-corrected chi connectivity index (χ3v) is 2.86. The number of benzene rings is 2. The molecule has 3 aromatic rings. The normalized spacial score (nSPS) is 11.7. The fourth-order valence-corrected chi connectivity index (χ4v) is 1.88. The molecule has 20 heavy (non-hydrogen) atoms. The average molecular weight is 265 g/mol. The Balaban J connectivity index is 2.11. The van der Waals surface area contributed by atoms with Crippen molar-refractivity contribution in [2.45, 2.75) is 0 Å². The highest BCUT2D eigenvalue weighted by molar-refractivity contribution is 5.77. The lowest BCUT2D eigenvalue weighted by molar-refractivity contribution is 0.514. The summed E-state index contributed by atoms with van der Waals surface area (Å²) in [6.45, 7) is 0. The lowest BCUT2D eigenvalue weighted by Crippen LogP contribution is -2.06. The van der Waals surface area contributed by atoms with Gasteiger partial charge in [0, 0.05) is 11.6 Å². The minimum absolute atomic E-state index is 0.0271. The van der Waals surface area contributed by atoms with Crippen LogP contribution in [0.3, 0.4) is 0 Å². The van der Waals surface area contributed by atoms with Gasteiger partial charge in [0.05, 0.1) is 0 Å². The van der Waals surface area contributed by atoms with E-state index in [1.165, 1.54) is 6.08 Å². The number of fused-ring (bicyclic) bond motifs is 1. The molecule has 2 aromatic carbocycles. The van der Waals surface area contributed by atoms with Crippen molar-refractivity contribution in [1.82, 2.24) is 4.98 Å². The number of aliphatic hydroxyl groups excluding tert-OH is 1. The Morgan fingerprint density at radius 3 is 2.55 bits per heavy atom. The zero-order chi connectivity index (χ0) is 13.9. The van der Waals surface area contributed by atoms with Crippen molar-refractivity contribution in [3.63, 3.8) is 0 Å². The van der Waals surface area contributed by atoms with Gasteiger partial charge >= 0.3 is 5.63 Å². The second kappa shape index (κ2) is 5.01. The average Bonchev–Trinajstić information content (AvgIpc) is 2.49. The van der Waals surface area contributed by atoms with Gasteiger partial charge in [-0.15, -0.1) is 0 Å². The standard InChI is InChI=1S/C16H11NO3/c18-14(11-6-2-1-3-7-11)10-13-16(19)20-15-9-5-4-8-12(15)17-13/h1-10,18H. The molecule has 0 unspecified atom stereocenters. The predicted molar refractivity (Wildman–Crippen MR) is 77.2 cm³/mol. The van der Waals surface area contributed by atoms with Crippen molar-refractivity contribution in [1.29, 1.82) is 0 Å². The number of para-hydroxylation sites is 2. The van der Waals surface area contributed by atoms with Crippen LogP contribution in [0.1, 0.15) is 11.3 Å². The molecule has 0 radical (unpaired) electrons. The zero-order valence-electron chi connectivity index (χ0n) is 10.5. The van der Waals surface area contributed by atoms with Gasteiger partial charge in [-0.05, 0) is 12.1 Å². The smallest absolute Gasteiger partial charge is 0.362 e. The summed E-state index contributed by atoms with van der Waals surface area (Å²) in [6, 6.07) is 15.9. The van der Waals surface area contributed by atoms with Crippen LogP contribution in [0, 0.1) is 0 Å². The molecule has 0 amide bonds. The van der Waals surface area contributed by atoms with Gasteiger partial charge in [0.1, 0.15) is 11.3 Å². The van der Waals surface area contributed by atoms with Crippen LogP contribution in [0.2, 0.25) is 0 Å². The summed E-state index contributed by atoms with van der Waals surface area (Å²) in [5, 5.41) is 10.0. The van der Waals surface area contributed by atoms with Crippen molar-refractivity contribution < 1.29 is 9.52 Å². The Hall–Kier alpha value is -2.88. The fraction of sp³-hybridized carbons (Fsp3) is 0. The molecule has 4 nitrogen and oxygen atoms in total. The van der Waals surface area contributed by atoms with Gasteiger partial charge in [-0.1, -0.05) is 42.5 Å². The molecule has 0 aliphatic carbocycles. The predicted octanol–water partition coefficient (Wildman–Crippen LogP) is 3.24. The molecule has 4 heteroatoms. The second-order valence-corrected chi connectivity index (χ2v) is 4.25. The van der Waals surface area contributed by atoms with Gasteiger partial charge in [0.25, 0.3) is 0 Å². The first kappa shape index (κ1) is 12.2. The molecule has 0 bridgehead atoms. The first-order valence-corrected chi connectivity index (χ1v) is 6.10. The highest BCUT2D eigenvalue weighted by atomic mass is 16.4. The van der Waals surface area contributed by atoms with Gasteiger partial charge in [0.2, 0.25) is 0 Å². The summed E-state index contributed by atoms with van der Waals surface area (Å²) in [4.78, 5) is 16.0. The zero-order valence-corrected chi connectivity index (χ0v) is 10.5. The van der Waals surface area contributed by atoms with Crippen molar-refractivity contribution in [2.24, 2.45) is 0 Å². The highest BCUT2D eigenvalue weighted by Gasteiger charge is 2.06. The molecule has 1 N–H and O–H groups in total. The molecule has 1 heterocycles. The summed E-state index contributed by atoms with van der Waals surface area (Å²) < 4.78 is 5.16. The Kier molecular flexibility index (Phi) is 3.05. The molecular weight excluding hydrogens is 254 g/mol. The number of nitrogens with zero attached hydrogens (tertiary/aromatic N) is 1. The number of rotatable bonds is 2. The molecule has 3 rings (SSSR count). The first-order chi connectivity index (χ1) is 9.74. The molecule has 0 aliphatic rings. The van der Waals surface area contributed by atoms with E-state index < -0.39 is 5.63 Å². The molecule has 0 saturated heterocycles. The summed E-state index contributed by atoms with van der Waals surface area (Å²) >= 11 is 0. The molecule has 1 aromatic heterocycles. The highest BCUT2D eigenvalue weighted by Crippen LogP contribution is 2.14. The molecule has 98 valence electrons. The van der Waals surface area contributed by atoms with Crippen LogP contribution in [0.15, 0.2) is 63.8 Å². The van der Waals surface area contributed by atoms with Gasteiger partial charge in [-0.2, -0.15) is 0 Å². The van der Waals surface area contributed by atoms with E-state index in [-0.39, 0.29) is 11.5 Å². The van der Waals surface area contributed by atoms with Crippen LogP contribution < -0.4 is 5.63 Å². The first-order valence-electron chi connectivity index (χ1n) is 6.10. The Labute approximate surface area is 114 Å². The van der Waals surface area contributed by atoms with E-state index in [4.69, 9.17) is 4.42 Å². The molecular formula is C16H11NO3. The van der Waals surface area contributed by atoms with Crippen molar-refractivity contribution in [2.75, 3.05) is 0 Å². The summed E-state index contributed by atoms with van der Waals surface area (Å²) in [5.74, 6) is -0.0271. The quantitative estimate of drug-likeness (QED) is 0.722. The van der Waals surface area contributed by atoms with E-state index in [1.54, 1.807) is 48.5 Å². The summed E-state index contributed by atoms with van der Waals surface area (Å²) in [5.41, 5.74) is 1.10. The van der Waals surface area contributed by atoms with E-state index >= 15 is 0 Å². The summed E-state index contributed by atoms with van der Waals surface area (Å²) in [7, 11) is 0. The Morgan fingerprint density at radius 1 is 1.05 bits per heavy atom. The minimum atomic E-state index is -0.578. The Bertz CT molecular complexity index is 835. The molecule has 0 spiro atoms. The molecule has 0 aliphatic heterocycles. The lowest BCUT2D eigenvalue weighted by Gasteiger charge is -2.00. The van der Waals surface area contributed by atoms with Gasteiger partial charge in [-0.3, -0.25) is 0 Å². The maximum Gasteiger partial charge on any atom is 0.362 e. The third kappa shape index (κ3) is 2.31. The van der Waals surface area contributed by atoms with E-state index in [1.807, 2.05) is 6.07 Å². The maximum atomic E-state index is 11.8. The molecule has 0 saturated carbocycles. The Morgan fingerprint density at radius 2 is 1.75 bits per heavy atom. The number of hydrogen-bond donors (Lipinski definition) is 1. The van der Waals surface area contributed by atoms with Gasteiger partial charge < -0.3 is 9.52 Å². The third-order valence-electron chi connectivity index (χ3n) is 2.86. The van der Waals surface area contributed by atoms with Crippen LogP contribution >= 0.6 is 0 Å². The van der Waals surface area contributed by atoms with Gasteiger partial charge in [-0.25, -0.2) is 9.78 Å². The van der Waals surface area contributed by atoms with E-state index in [0.717, 1.165) is 0 Å². The SMILES string of the molecule is O=c1oc2ccccc2nc1C=C(O)c1ccccc1.